The summed E-state index contributed by atoms with van der Waals surface area (Å²) in [7, 11) is -2.65. The molecule has 1 rings (SSSR count). The summed E-state index contributed by atoms with van der Waals surface area (Å²) >= 11 is 0. The first-order valence-corrected chi connectivity index (χ1v) is 4.85. The van der Waals surface area contributed by atoms with Gasteiger partial charge in [0.1, 0.15) is 0 Å². The molecule has 0 aromatic heterocycles. The van der Waals surface area contributed by atoms with E-state index in [2.05, 4.69) is 0 Å². The summed E-state index contributed by atoms with van der Waals surface area (Å²) in [5.74, 6) is -2.74. The molecule has 0 bridgehead atoms. The highest BCUT2D eigenvalue weighted by Crippen LogP contribution is 2.15. The first-order chi connectivity index (χ1) is 6.93. The number of carbonyl (C=O) groups is 2. The van der Waals surface area contributed by atoms with Crippen molar-refractivity contribution in [1.29, 1.82) is 0 Å². The van der Waals surface area contributed by atoms with Gasteiger partial charge in [-0.1, -0.05) is 6.08 Å². The summed E-state index contributed by atoms with van der Waals surface area (Å²) in [5, 5.41) is 17.3. The van der Waals surface area contributed by atoms with Gasteiger partial charge in [-0.05, 0) is 6.08 Å². The van der Waals surface area contributed by atoms with Crippen molar-refractivity contribution in [3.05, 3.63) is 23.3 Å². The zero-order valence-electron chi connectivity index (χ0n) is 7.30. The molecule has 0 aliphatic heterocycles. The smallest absolute Gasteiger partial charge is 0.337 e. The van der Waals surface area contributed by atoms with Crippen LogP contribution < -0.4 is 0 Å². The lowest BCUT2D eigenvalue weighted by Gasteiger charge is -2.07. The molecule has 6 nitrogen and oxygen atoms in total. The largest absolute Gasteiger partial charge is 0.478 e. The Labute approximate surface area is 85.7 Å². The van der Waals surface area contributed by atoms with Gasteiger partial charge in [-0.3, -0.25) is 0 Å². The van der Waals surface area contributed by atoms with Crippen LogP contribution in [0.25, 0.3) is 0 Å². The van der Waals surface area contributed by atoms with Gasteiger partial charge in [0.2, 0.25) is 10.3 Å². The molecular formula is C8H6O6S. The Morgan fingerprint density at radius 1 is 1.20 bits per heavy atom. The van der Waals surface area contributed by atoms with E-state index in [4.69, 9.17) is 10.2 Å². The van der Waals surface area contributed by atoms with Crippen LogP contribution in [0, 0.1) is 0 Å². The molecule has 1 aliphatic carbocycles. The summed E-state index contributed by atoms with van der Waals surface area (Å²) in [4.78, 5) is 20.9. The lowest BCUT2D eigenvalue weighted by molar-refractivity contribution is -0.132. The fourth-order valence-electron chi connectivity index (χ4n) is 1.10. The minimum Gasteiger partial charge on any atom is -0.478 e. The molecule has 7 heteroatoms. The topological polar surface area (TPSA) is 109 Å². The minimum absolute atomic E-state index is 0.212. The van der Waals surface area contributed by atoms with E-state index in [9.17, 15) is 18.0 Å². The molecule has 1 aliphatic rings. The van der Waals surface area contributed by atoms with Gasteiger partial charge in [-0.2, -0.15) is 8.42 Å². The standard InChI is InChI=1S/C8H6O6S/c9-7(10)4-1-2-6(15(13)14)5(3-4)8(11)12/h1,3H,2H2,(H,9,10)(H,11,12). The zero-order chi connectivity index (χ0) is 11.6. The van der Waals surface area contributed by atoms with Crippen LogP contribution in [0.4, 0.5) is 0 Å². The van der Waals surface area contributed by atoms with Crippen LogP contribution in [0.1, 0.15) is 6.42 Å². The maximum Gasteiger partial charge on any atom is 0.337 e. The normalized spacial score (nSPS) is 15.3. The van der Waals surface area contributed by atoms with Crippen LogP contribution in [0.5, 0.6) is 0 Å². The molecule has 0 aromatic carbocycles. The Hall–Kier alpha value is -1.89. The summed E-state index contributed by atoms with van der Waals surface area (Å²) in [6.45, 7) is 0. The second-order valence-electron chi connectivity index (χ2n) is 2.69. The first-order valence-electron chi connectivity index (χ1n) is 3.77. The zero-order valence-corrected chi connectivity index (χ0v) is 8.11. The number of carboxylic acids is 2. The predicted octanol–water partition coefficient (Wildman–Crippen LogP) is -0.536. The molecular weight excluding hydrogens is 224 g/mol. The molecule has 0 saturated heterocycles. The molecule has 80 valence electrons. The van der Waals surface area contributed by atoms with E-state index in [1.54, 1.807) is 0 Å². The molecule has 0 heterocycles. The molecule has 0 saturated carbocycles. The molecule has 2 N–H and O–H groups in total. The summed E-state index contributed by atoms with van der Waals surface area (Å²) in [6.07, 6.45) is 1.77. The van der Waals surface area contributed by atoms with E-state index >= 15 is 0 Å². The number of aliphatic carboxylic acids is 2. The molecule has 15 heavy (non-hydrogen) atoms. The molecule has 0 aromatic rings. The second kappa shape index (κ2) is 4.09. The van der Waals surface area contributed by atoms with Crippen molar-refractivity contribution in [2.24, 2.45) is 0 Å². The molecule has 0 radical (unpaired) electrons. The first kappa shape index (κ1) is 11.2. The quantitative estimate of drug-likeness (QED) is 0.617. The second-order valence-corrected chi connectivity index (χ2v) is 3.65. The van der Waals surface area contributed by atoms with Crippen molar-refractivity contribution in [3.8, 4) is 0 Å². The van der Waals surface area contributed by atoms with Gasteiger partial charge in [-0.25, -0.2) is 9.59 Å². The van der Waals surface area contributed by atoms with Gasteiger partial charge >= 0.3 is 11.9 Å². The Morgan fingerprint density at radius 3 is 2.20 bits per heavy atom. The van der Waals surface area contributed by atoms with Crippen LogP contribution in [0.3, 0.4) is 0 Å². The van der Waals surface area contributed by atoms with Crippen LogP contribution in [-0.2, 0) is 19.9 Å². The van der Waals surface area contributed by atoms with E-state index in [0.717, 1.165) is 12.2 Å². The SMILES string of the molecule is O=C(O)C1=CCC(=S(=O)=O)C(C(=O)O)=C1. The summed E-state index contributed by atoms with van der Waals surface area (Å²) < 4.78 is 21.3. The van der Waals surface area contributed by atoms with E-state index in [1.807, 2.05) is 0 Å². The number of hydrogen-bond acceptors (Lipinski definition) is 4. The lowest BCUT2D eigenvalue weighted by Crippen LogP contribution is -2.18. The van der Waals surface area contributed by atoms with Crippen molar-refractivity contribution in [1.82, 2.24) is 0 Å². The van der Waals surface area contributed by atoms with Crippen LogP contribution in [-0.4, -0.2) is 35.4 Å². The Balaban J connectivity index is 3.33. The van der Waals surface area contributed by atoms with Crippen molar-refractivity contribution in [2.75, 3.05) is 0 Å². The van der Waals surface area contributed by atoms with Gasteiger partial charge in [0.15, 0.2) is 0 Å². The van der Waals surface area contributed by atoms with Gasteiger partial charge in [0.05, 0.1) is 16.0 Å². The molecule has 0 spiro atoms. The molecule has 0 amide bonds. The third kappa shape index (κ3) is 2.32. The Kier molecular flexibility index (Phi) is 3.05. The predicted molar refractivity (Wildman–Crippen MR) is 50.0 cm³/mol. The molecule has 0 atom stereocenters. The van der Waals surface area contributed by atoms with Crippen molar-refractivity contribution in [2.45, 2.75) is 6.42 Å². The number of allylic oxidation sites excluding steroid dienone is 1. The van der Waals surface area contributed by atoms with E-state index in [-0.39, 0.29) is 16.9 Å². The van der Waals surface area contributed by atoms with Crippen LogP contribution in [0.2, 0.25) is 0 Å². The lowest BCUT2D eigenvalue weighted by atomic mass is 9.99. The average Bonchev–Trinajstić information content (AvgIpc) is 2.16. The number of rotatable bonds is 2. The average molecular weight is 230 g/mol. The van der Waals surface area contributed by atoms with E-state index in [1.165, 1.54) is 0 Å². The Bertz CT molecular complexity index is 511. The highest BCUT2D eigenvalue weighted by molar-refractivity contribution is 7.73. The third-order valence-corrected chi connectivity index (χ3v) is 2.58. The molecule has 0 fully saturated rings. The van der Waals surface area contributed by atoms with Gasteiger partial charge in [0.25, 0.3) is 0 Å². The minimum atomic E-state index is -2.65. The highest BCUT2D eigenvalue weighted by Gasteiger charge is 2.22. The number of carboxylic acid groups (broad SMARTS) is 2. The maximum atomic E-state index is 10.7. The van der Waals surface area contributed by atoms with E-state index in [0.29, 0.717) is 0 Å². The summed E-state index contributed by atoms with van der Waals surface area (Å²) in [5.41, 5.74) is -0.718. The van der Waals surface area contributed by atoms with Gasteiger partial charge < -0.3 is 10.2 Å². The van der Waals surface area contributed by atoms with Crippen molar-refractivity contribution >= 4 is 27.1 Å². The van der Waals surface area contributed by atoms with Crippen LogP contribution >= 0.6 is 0 Å². The number of hydrogen-bond donors (Lipinski definition) is 2. The fourth-order valence-corrected chi connectivity index (χ4v) is 1.64. The fraction of sp³-hybridized carbons (Fsp3) is 0.125. The van der Waals surface area contributed by atoms with E-state index < -0.39 is 27.8 Å². The summed E-state index contributed by atoms with van der Waals surface area (Å²) in [6, 6.07) is 0. The van der Waals surface area contributed by atoms with Crippen molar-refractivity contribution < 1.29 is 28.2 Å². The monoisotopic (exact) mass is 230 g/mol. The Morgan fingerprint density at radius 2 is 1.80 bits per heavy atom. The third-order valence-electron chi connectivity index (χ3n) is 1.79. The van der Waals surface area contributed by atoms with Crippen molar-refractivity contribution in [3.63, 3.8) is 0 Å². The van der Waals surface area contributed by atoms with Crippen LogP contribution in [0.15, 0.2) is 23.3 Å². The van der Waals surface area contributed by atoms with Gasteiger partial charge in [0, 0.05) is 6.42 Å². The molecule has 0 unspecified atom stereocenters. The van der Waals surface area contributed by atoms with Gasteiger partial charge in [-0.15, -0.1) is 0 Å². The maximum absolute atomic E-state index is 10.7. The highest BCUT2D eigenvalue weighted by atomic mass is 32.2.